The Morgan fingerprint density at radius 2 is 2.23 bits per heavy atom. The first-order valence-electron chi connectivity index (χ1n) is 3.72. The van der Waals surface area contributed by atoms with E-state index in [-0.39, 0.29) is 5.69 Å². The monoisotopic (exact) mass is 197 g/mol. The van der Waals surface area contributed by atoms with Crippen molar-refractivity contribution in [2.75, 3.05) is 0 Å². The molecule has 0 bridgehead atoms. The minimum atomic E-state index is -0.441. The molecule has 4 heteroatoms. The molecule has 1 aromatic carbocycles. The maximum Gasteiger partial charge on any atom is 0.270 e. The molecule has 1 aromatic rings. The summed E-state index contributed by atoms with van der Waals surface area (Å²) >= 11 is 5.81. The third-order valence-electron chi connectivity index (χ3n) is 1.54. The normalized spacial score (nSPS) is 10.6. The highest BCUT2D eigenvalue weighted by molar-refractivity contribution is 6.32. The van der Waals surface area contributed by atoms with Crippen LogP contribution in [0.15, 0.2) is 24.3 Å². The molecule has 0 aromatic heterocycles. The maximum absolute atomic E-state index is 10.4. The van der Waals surface area contributed by atoms with Crippen molar-refractivity contribution in [2.24, 2.45) is 0 Å². The summed E-state index contributed by atoms with van der Waals surface area (Å²) in [5, 5.41) is 10.9. The molecule has 0 aliphatic rings. The third kappa shape index (κ3) is 2.29. The summed E-state index contributed by atoms with van der Waals surface area (Å²) in [5.41, 5.74) is 0.718. The molecule has 0 fully saturated rings. The zero-order chi connectivity index (χ0) is 9.84. The van der Waals surface area contributed by atoms with Crippen LogP contribution in [0.1, 0.15) is 12.5 Å². The van der Waals surface area contributed by atoms with Crippen LogP contribution in [0.2, 0.25) is 5.02 Å². The van der Waals surface area contributed by atoms with E-state index in [1.807, 2.05) is 6.92 Å². The second-order valence-corrected chi connectivity index (χ2v) is 2.87. The molecule has 0 aliphatic carbocycles. The lowest BCUT2D eigenvalue weighted by Gasteiger charge is -1.97. The van der Waals surface area contributed by atoms with Crippen LogP contribution in [0, 0.1) is 10.1 Å². The fraction of sp³-hybridized carbons (Fsp3) is 0.111. The third-order valence-corrected chi connectivity index (χ3v) is 1.88. The first-order valence-corrected chi connectivity index (χ1v) is 4.09. The summed E-state index contributed by atoms with van der Waals surface area (Å²) in [7, 11) is 0. The van der Waals surface area contributed by atoms with E-state index in [2.05, 4.69) is 0 Å². The van der Waals surface area contributed by atoms with E-state index in [4.69, 9.17) is 11.6 Å². The average Bonchev–Trinajstić information content (AvgIpc) is 2.08. The Morgan fingerprint density at radius 3 is 2.77 bits per heavy atom. The maximum atomic E-state index is 10.4. The van der Waals surface area contributed by atoms with Gasteiger partial charge in [0.25, 0.3) is 5.69 Å². The number of allylic oxidation sites excluding steroid dienone is 1. The number of nitrogens with zero attached hydrogens (tertiary/aromatic N) is 1. The fourth-order valence-corrected chi connectivity index (χ4v) is 1.13. The Kier molecular flexibility index (Phi) is 3.03. The summed E-state index contributed by atoms with van der Waals surface area (Å²) in [6, 6.07) is 4.35. The van der Waals surface area contributed by atoms with Gasteiger partial charge in [0.2, 0.25) is 0 Å². The van der Waals surface area contributed by atoms with E-state index >= 15 is 0 Å². The van der Waals surface area contributed by atoms with Gasteiger partial charge in [-0.25, -0.2) is 0 Å². The van der Waals surface area contributed by atoms with E-state index in [1.54, 1.807) is 12.2 Å². The lowest BCUT2D eigenvalue weighted by Crippen LogP contribution is -1.88. The number of halogens is 1. The van der Waals surface area contributed by atoms with Crippen LogP contribution in [0.5, 0.6) is 0 Å². The van der Waals surface area contributed by atoms with Crippen molar-refractivity contribution >= 4 is 23.4 Å². The lowest BCUT2D eigenvalue weighted by molar-refractivity contribution is -0.384. The van der Waals surface area contributed by atoms with Crippen molar-refractivity contribution in [3.63, 3.8) is 0 Å². The Labute approximate surface area is 80.8 Å². The van der Waals surface area contributed by atoms with Gasteiger partial charge < -0.3 is 0 Å². The number of hydrogen-bond donors (Lipinski definition) is 0. The van der Waals surface area contributed by atoms with Crippen molar-refractivity contribution in [1.82, 2.24) is 0 Å². The quantitative estimate of drug-likeness (QED) is 0.539. The van der Waals surface area contributed by atoms with E-state index < -0.39 is 4.92 Å². The zero-order valence-electron chi connectivity index (χ0n) is 7.03. The SMILES string of the molecule is C/C=C/c1cc([N+](=O)[O-])ccc1Cl. The van der Waals surface area contributed by atoms with E-state index in [9.17, 15) is 10.1 Å². The highest BCUT2D eigenvalue weighted by atomic mass is 35.5. The summed E-state index contributed by atoms with van der Waals surface area (Å²) in [5.74, 6) is 0. The number of nitro groups is 1. The molecule has 0 radical (unpaired) electrons. The highest BCUT2D eigenvalue weighted by Gasteiger charge is 2.06. The number of hydrogen-bond acceptors (Lipinski definition) is 2. The minimum Gasteiger partial charge on any atom is -0.258 e. The summed E-state index contributed by atoms with van der Waals surface area (Å²) in [6.07, 6.45) is 3.51. The predicted octanol–water partition coefficient (Wildman–Crippen LogP) is 3.28. The molecule has 68 valence electrons. The molecule has 3 nitrogen and oxygen atoms in total. The molecule has 0 saturated heterocycles. The van der Waals surface area contributed by atoms with Gasteiger partial charge in [-0.2, -0.15) is 0 Å². The highest BCUT2D eigenvalue weighted by Crippen LogP contribution is 2.22. The minimum absolute atomic E-state index is 0.0532. The van der Waals surface area contributed by atoms with Gasteiger partial charge in [0.1, 0.15) is 0 Å². The number of rotatable bonds is 2. The fourth-order valence-electron chi connectivity index (χ4n) is 0.952. The van der Waals surface area contributed by atoms with Gasteiger partial charge in [0.15, 0.2) is 0 Å². The molecule has 0 heterocycles. The van der Waals surface area contributed by atoms with Crippen molar-refractivity contribution in [1.29, 1.82) is 0 Å². The molecule has 0 atom stereocenters. The van der Waals surface area contributed by atoms with Gasteiger partial charge in [0.05, 0.1) is 4.92 Å². The van der Waals surface area contributed by atoms with E-state index in [0.29, 0.717) is 10.6 Å². The summed E-state index contributed by atoms with van der Waals surface area (Å²) in [4.78, 5) is 9.97. The van der Waals surface area contributed by atoms with Gasteiger partial charge in [0, 0.05) is 17.2 Å². The standard InChI is InChI=1S/C9H8ClNO2/c1-2-3-7-6-8(11(12)13)4-5-9(7)10/h2-6H,1H3/b3-2+. The van der Waals surface area contributed by atoms with Gasteiger partial charge >= 0.3 is 0 Å². The molecule has 0 saturated carbocycles. The predicted molar refractivity (Wildman–Crippen MR) is 52.8 cm³/mol. The van der Waals surface area contributed by atoms with Crippen LogP contribution >= 0.6 is 11.6 Å². The zero-order valence-corrected chi connectivity index (χ0v) is 7.78. The topological polar surface area (TPSA) is 43.1 Å². The molecular weight excluding hydrogens is 190 g/mol. The Balaban J connectivity index is 3.18. The molecule has 0 amide bonds. The van der Waals surface area contributed by atoms with Gasteiger partial charge in [-0.15, -0.1) is 0 Å². The first-order chi connectivity index (χ1) is 6.15. The average molecular weight is 198 g/mol. The second kappa shape index (κ2) is 4.05. The number of nitro benzene ring substituents is 1. The number of non-ortho nitro benzene ring substituents is 1. The molecule has 0 unspecified atom stereocenters. The first kappa shape index (κ1) is 9.74. The van der Waals surface area contributed by atoms with E-state index in [1.165, 1.54) is 18.2 Å². The largest absolute Gasteiger partial charge is 0.270 e. The molecule has 0 N–H and O–H groups in total. The smallest absolute Gasteiger partial charge is 0.258 e. The molecular formula is C9H8ClNO2. The van der Waals surface area contributed by atoms with Gasteiger partial charge in [-0.1, -0.05) is 23.8 Å². The second-order valence-electron chi connectivity index (χ2n) is 2.46. The molecule has 0 aliphatic heterocycles. The van der Waals surface area contributed by atoms with Crippen molar-refractivity contribution in [2.45, 2.75) is 6.92 Å². The molecule has 13 heavy (non-hydrogen) atoms. The van der Waals surface area contributed by atoms with Crippen molar-refractivity contribution in [3.05, 3.63) is 45.0 Å². The van der Waals surface area contributed by atoms with Crippen LogP contribution in [0.25, 0.3) is 6.08 Å². The van der Waals surface area contributed by atoms with Crippen LogP contribution < -0.4 is 0 Å². The molecule has 0 spiro atoms. The Bertz CT molecular complexity index is 361. The van der Waals surface area contributed by atoms with Gasteiger partial charge in [-0.05, 0) is 18.6 Å². The van der Waals surface area contributed by atoms with Crippen molar-refractivity contribution in [3.8, 4) is 0 Å². The summed E-state index contributed by atoms with van der Waals surface area (Å²) in [6.45, 7) is 1.83. The van der Waals surface area contributed by atoms with Crippen molar-refractivity contribution < 1.29 is 4.92 Å². The number of benzene rings is 1. The van der Waals surface area contributed by atoms with Gasteiger partial charge in [-0.3, -0.25) is 10.1 Å². The van der Waals surface area contributed by atoms with Crippen LogP contribution in [-0.4, -0.2) is 4.92 Å². The molecule has 1 rings (SSSR count). The van der Waals surface area contributed by atoms with E-state index in [0.717, 1.165) is 0 Å². The lowest BCUT2D eigenvalue weighted by atomic mass is 10.2. The Morgan fingerprint density at radius 1 is 1.54 bits per heavy atom. The Hall–Kier alpha value is -1.35. The summed E-state index contributed by atoms with van der Waals surface area (Å²) < 4.78 is 0. The van der Waals surface area contributed by atoms with Crippen LogP contribution in [0.3, 0.4) is 0 Å². The van der Waals surface area contributed by atoms with Crippen LogP contribution in [-0.2, 0) is 0 Å². The van der Waals surface area contributed by atoms with Crippen LogP contribution in [0.4, 0.5) is 5.69 Å².